The lowest BCUT2D eigenvalue weighted by atomic mass is 10.1. The predicted octanol–water partition coefficient (Wildman–Crippen LogP) is 1.28. The van der Waals surface area contributed by atoms with E-state index in [0.717, 1.165) is 31.0 Å². The SMILES string of the molecule is CC(O)C(NC(=O)CCCCCCBr)C(=O)O. The van der Waals surface area contributed by atoms with Crippen LogP contribution in [0.15, 0.2) is 0 Å². The summed E-state index contributed by atoms with van der Waals surface area (Å²) in [6, 6.07) is -1.22. The van der Waals surface area contributed by atoms with Gasteiger partial charge in [-0.05, 0) is 19.8 Å². The highest BCUT2D eigenvalue weighted by Crippen LogP contribution is 2.05. The van der Waals surface area contributed by atoms with Crippen LogP contribution < -0.4 is 5.32 Å². The number of carboxylic acids is 1. The van der Waals surface area contributed by atoms with Crippen molar-refractivity contribution in [2.45, 2.75) is 51.2 Å². The second kappa shape index (κ2) is 9.41. The molecule has 3 N–H and O–H groups in total. The summed E-state index contributed by atoms with van der Waals surface area (Å²) in [5.74, 6) is -1.54. The molecule has 0 aromatic heterocycles. The van der Waals surface area contributed by atoms with Gasteiger partial charge in [0.1, 0.15) is 0 Å². The minimum absolute atomic E-state index is 0.304. The fourth-order valence-corrected chi connectivity index (χ4v) is 1.76. The molecule has 0 fully saturated rings. The standard InChI is InChI=1S/C11H20BrNO4/c1-8(14)10(11(16)17)13-9(15)6-4-2-3-5-7-12/h8,10,14H,2-7H2,1H3,(H,13,15)(H,16,17). The molecule has 0 bridgehead atoms. The maximum Gasteiger partial charge on any atom is 0.328 e. The summed E-state index contributed by atoms with van der Waals surface area (Å²) in [6.07, 6.45) is 3.03. The molecule has 2 unspecified atom stereocenters. The summed E-state index contributed by atoms with van der Waals surface area (Å²) >= 11 is 3.32. The average molecular weight is 310 g/mol. The topological polar surface area (TPSA) is 86.6 Å². The molecule has 0 radical (unpaired) electrons. The quantitative estimate of drug-likeness (QED) is 0.442. The van der Waals surface area contributed by atoms with Crippen molar-refractivity contribution in [1.29, 1.82) is 0 Å². The van der Waals surface area contributed by atoms with Gasteiger partial charge in [0.2, 0.25) is 5.91 Å². The van der Waals surface area contributed by atoms with Crippen LogP contribution in [0.5, 0.6) is 0 Å². The van der Waals surface area contributed by atoms with Crippen LogP contribution in [0.1, 0.15) is 39.0 Å². The molecule has 0 aliphatic carbocycles. The number of hydrogen-bond acceptors (Lipinski definition) is 3. The van der Waals surface area contributed by atoms with Crippen molar-refractivity contribution in [2.75, 3.05) is 5.33 Å². The Morgan fingerprint density at radius 2 is 1.82 bits per heavy atom. The fraction of sp³-hybridized carbons (Fsp3) is 0.818. The molecule has 0 rings (SSSR count). The Kier molecular flexibility index (Phi) is 9.07. The van der Waals surface area contributed by atoms with E-state index >= 15 is 0 Å². The number of carboxylic acid groups (broad SMARTS) is 1. The molecule has 6 heteroatoms. The molecule has 0 spiro atoms. The van der Waals surface area contributed by atoms with Crippen LogP contribution in [-0.2, 0) is 9.59 Å². The van der Waals surface area contributed by atoms with Crippen LogP contribution in [0.2, 0.25) is 0 Å². The van der Waals surface area contributed by atoms with Gasteiger partial charge in [0.25, 0.3) is 0 Å². The third-order valence-corrected chi connectivity index (χ3v) is 2.91. The van der Waals surface area contributed by atoms with Crippen LogP contribution in [0.3, 0.4) is 0 Å². The number of alkyl halides is 1. The van der Waals surface area contributed by atoms with Crippen LogP contribution in [0.25, 0.3) is 0 Å². The summed E-state index contributed by atoms with van der Waals surface area (Å²) in [5, 5.41) is 21.2. The van der Waals surface area contributed by atoms with E-state index in [9.17, 15) is 14.7 Å². The van der Waals surface area contributed by atoms with Crippen molar-refractivity contribution in [2.24, 2.45) is 0 Å². The lowest BCUT2D eigenvalue weighted by Gasteiger charge is -2.16. The monoisotopic (exact) mass is 309 g/mol. The first-order valence-corrected chi connectivity index (χ1v) is 6.87. The molecule has 0 aromatic rings. The van der Waals surface area contributed by atoms with Gasteiger partial charge in [-0.15, -0.1) is 0 Å². The van der Waals surface area contributed by atoms with Gasteiger partial charge >= 0.3 is 5.97 Å². The Hall–Kier alpha value is -0.620. The molecular weight excluding hydrogens is 290 g/mol. The molecule has 0 heterocycles. The Bertz CT molecular complexity index is 246. The van der Waals surface area contributed by atoms with Crippen molar-refractivity contribution in [3.63, 3.8) is 0 Å². The summed E-state index contributed by atoms with van der Waals surface area (Å²) < 4.78 is 0. The van der Waals surface area contributed by atoms with Crippen molar-refractivity contribution < 1.29 is 19.8 Å². The lowest BCUT2D eigenvalue weighted by Crippen LogP contribution is -2.47. The van der Waals surface area contributed by atoms with Gasteiger partial charge in [0, 0.05) is 11.8 Å². The first-order chi connectivity index (χ1) is 7.99. The number of nitrogens with one attached hydrogen (secondary N) is 1. The van der Waals surface area contributed by atoms with Gasteiger partial charge in [-0.3, -0.25) is 4.79 Å². The van der Waals surface area contributed by atoms with Gasteiger partial charge in [0.05, 0.1) is 6.10 Å². The zero-order valence-corrected chi connectivity index (χ0v) is 11.6. The number of aliphatic hydroxyl groups excluding tert-OH is 1. The van der Waals surface area contributed by atoms with Crippen molar-refractivity contribution in [3.05, 3.63) is 0 Å². The number of hydrogen-bond donors (Lipinski definition) is 3. The van der Waals surface area contributed by atoms with Crippen LogP contribution in [-0.4, -0.2) is 39.6 Å². The zero-order valence-electron chi connectivity index (χ0n) is 9.99. The highest BCUT2D eigenvalue weighted by Gasteiger charge is 2.24. The number of aliphatic hydroxyl groups is 1. The molecule has 0 aliphatic rings. The number of carbonyl (C=O) groups is 2. The van der Waals surface area contributed by atoms with Gasteiger partial charge < -0.3 is 15.5 Å². The van der Waals surface area contributed by atoms with Crippen LogP contribution >= 0.6 is 15.9 Å². The van der Waals surface area contributed by atoms with Gasteiger partial charge in [-0.2, -0.15) is 0 Å². The van der Waals surface area contributed by atoms with E-state index < -0.39 is 18.1 Å². The molecule has 0 saturated carbocycles. The average Bonchev–Trinajstić information content (AvgIpc) is 2.24. The third kappa shape index (κ3) is 8.15. The minimum atomic E-state index is -1.22. The molecule has 100 valence electrons. The molecule has 5 nitrogen and oxygen atoms in total. The van der Waals surface area contributed by atoms with E-state index in [-0.39, 0.29) is 5.91 Å². The predicted molar refractivity (Wildman–Crippen MR) is 68.1 cm³/mol. The molecular formula is C11H20BrNO4. The van der Waals surface area contributed by atoms with E-state index in [1.807, 2.05) is 0 Å². The normalized spacial score (nSPS) is 14.1. The second-order valence-electron chi connectivity index (χ2n) is 3.98. The summed E-state index contributed by atoms with van der Waals surface area (Å²) in [7, 11) is 0. The molecule has 0 aromatic carbocycles. The number of aliphatic carboxylic acids is 1. The van der Waals surface area contributed by atoms with Gasteiger partial charge in [-0.1, -0.05) is 28.8 Å². The van der Waals surface area contributed by atoms with Crippen molar-refractivity contribution in [3.8, 4) is 0 Å². The molecule has 0 aliphatic heterocycles. The van der Waals surface area contributed by atoms with Gasteiger partial charge in [-0.25, -0.2) is 4.79 Å². The molecule has 17 heavy (non-hydrogen) atoms. The molecule has 1 amide bonds. The number of amides is 1. The lowest BCUT2D eigenvalue weighted by molar-refractivity contribution is -0.144. The van der Waals surface area contributed by atoms with E-state index in [1.54, 1.807) is 0 Å². The first kappa shape index (κ1) is 16.4. The third-order valence-electron chi connectivity index (χ3n) is 2.35. The van der Waals surface area contributed by atoms with Crippen LogP contribution in [0.4, 0.5) is 0 Å². The zero-order chi connectivity index (χ0) is 13.3. The van der Waals surface area contributed by atoms with E-state index in [2.05, 4.69) is 21.2 Å². The first-order valence-electron chi connectivity index (χ1n) is 5.75. The maximum absolute atomic E-state index is 11.4. The maximum atomic E-state index is 11.4. The van der Waals surface area contributed by atoms with Crippen molar-refractivity contribution in [1.82, 2.24) is 5.32 Å². The minimum Gasteiger partial charge on any atom is -0.480 e. The van der Waals surface area contributed by atoms with E-state index in [0.29, 0.717) is 6.42 Å². The number of carbonyl (C=O) groups excluding carboxylic acids is 1. The Balaban J connectivity index is 3.80. The Labute approximate surface area is 110 Å². The fourth-order valence-electron chi connectivity index (χ4n) is 1.37. The smallest absolute Gasteiger partial charge is 0.328 e. The summed E-state index contributed by atoms with van der Waals surface area (Å²) in [4.78, 5) is 22.1. The highest BCUT2D eigenvalue weighted by molar-refractivity contribution is 9.09. The largest absolute Gasteiger partial charge is 0.480 e. The van der Waals surface area contributed by atoms with Crippen molar-refractivity contribution >= 4 is 27.8 Å². The Morgan fingerprint density at radius 3 is 2.29 bits per heavy atom. The summed E-state index contributed by atoms with van der Waals surface area (Å²) in [6.45, 7) is 1.34. The summed E-state index contributed by atoms with van der Waals surface area (Å²) in [5.41, 5.74) is 0. The van der Waals surface area contributed by atoms with Gasteiger partial charge in [0.15, 0.2) is 6.04 Å². The molecule has 2 atom stereocenters. The second-order valence-corrected chi connectivity index (χ2v) is 4.77. The van der Waals surface area contributed by atoms with Crippen LogP contribution in [0, 0.1) is 0 Å². The Morgan fingerprint density at radius 1 is 1.24 bits per heavy atom. The molecule has 0 saturated heterocycles. The number of unbranched alkanes of at least 4 members (excludes halogenated alkanes) is 3. The number of rotatable bonds is 9. The highest BCUT2D eigenvalue weighted by atomic mass is 79.9. The van der Waals surface area contributed by atoms with E-state index in [4.69, 9.17) is 5.11 Å². The van der Waals surface area contributed by atoms with E-state index in [1.165, 1.54) is 6.92 Å². The number of halogens is 1.